The van der Waals surface area contributed by atoms with Crippen LogP contribution in [-0.4, -0.2) is 0 Å². The standard InChI is InChI=1S/C14H24/c1-7-9-13(10-8-2)14(5,6)11-12(3)4/h7-10,12H,1,11H2,2-6H3/b10-8-,13-9+. The molecule has 0 amide bonds. The van der Waals surface area contributed by atoms with Crippen molar-refractivity contribution in [1.82, 2.24) is 0 Å². The molecule has 0 aromatic carbocycles. The summed E-state index contributed by atoms with van der Waals surface area (Å²) in [5.41, 5.74) is 1.61. The molecule has 0 saturated heterocycles. The maximum Gasteiger partial charge on any atom is -0.0101 e. The van der Waals surface area contributed by atoms with Crippen molar-refractivity contribution in [3.8, 4) is 0 Å². The largest absolute Gasteiger partial charge is 0.0991 e. The van der Waals surface area contributed by atoms with Gasteiger partial charge in [-0.25, -0.2) is 0 Å². The third-order valence-corrected chi connectivity index (χ3v) is 2.34. The van der Waals surface area contributed by atoms with Gasteiger partial charge in [-0.1, -0.05) is 58.6 Å². The smallest absolute Gasteiger partial charge is 0.0101 e. The van der Waals surface area contributed by atoms with Crippen LogP contribution in [0.2, 0.25) is 0 Å². The predicted molar refractivity (Wildman–Crippen MR) is 66.3 cm³/mol. The van der Waals surface area contributed by atoms with E-state index < -0.39 is 0 Å². The summed E-state index contributed by atoms with van der Waals surface area (Å²) in [4.78, 5) is 0. The summed E-state index contributed by atoms with van der Waals surface area (Å²) in [5.74, 6) is 0.725. The summed E-state index contributed by atoms with van der Waals surface area (Å²) in [6, 6.07) is 0. The zero-order chi connectivity index (χ0) is 11.2. The van der Waals surface area contributed by atoms with E-state index in [9.17, 15) is 0 Å². The molecule has 0 heteroatoms. The van der Waals surface area contributed by atoms with Gasteiger partial charge in [0.25, 0.3) is 0 Å². The highest BCUT2D eigenvalue weighted by Crippen LogP contribution is 2.34. The molecule has 0 aromatic rings. The fourth-order valence-corrected chi connectivity index (χ4v) is 1.95. The number of hydrogen-bond donors (Lipinski definition) is 0. The van der Waals surface area contributed by atoms with Gasteiger partial charge in [0.15, 0.2) is 0 Å². The van der Waals surface area contributed by atoms with Gasteiger partial charge in [-0.15, -0.1) is 0 Å². The van der Waals surface area contributed by atoms with Gasteiger partial charge in [0.05, 0.1) is 0 Å². The van der Waals surface area contributed by atoms with Gasteiger partial charge < -0.3 is 0 Å². The van der Waals surface area contributed by atoms with Crippen LogP contribution in [0.5, 0.6) is 0 Å². The minimum Gasteiger partial charge on any atom is -0.0991 e. The summed E-state index contributed by atoms with van der Waals surface area (Å²) in [7, 11) is 0. The van der Waals surface area contributed by atoms with Gasteiger partial charge in [-0.3, -0.25) is 0 Å². The van der Waals surface area contributed by atoms with Crippen molar-refractivity contribution in [2.24, 2.45) is 11.3 Å². The van der Waals surface area contributed by atoms with E-state index in [0.717, 1.165) is 5.92 Å². The molecule has 0 nitrogen and oxygen atoms in total. The molecule has 0 fully saturated rings. The molecule has 0 rings (SSSR count). The van der Waals surface area contributed by atoms with E-state index in [1.165, 1.54) is 12.0 Å². The van der Waals surface area contributed by atoms with E-state index in [1.807, 2.05) is 6.08 Å². The van der Waals surface area contributed by atoms with Crippen LogP contribution in [0.4, 0.5) is 0 Å². The summed E-state index contributed by atoms with van der Waals surface area (Å²) < 4.78 is 0. The topological polar surface area (TPSA) is 0 Å². The lowest BCUT2D eigenvalue weighted by Crippen LogP contribution is -2.16. The molecule has 80 valence electrons. The predicted octanol–water partition coefficient (Wildman–Crippen LogP) is 4.75. The van der Waals surface area contributed by atoms with Crippen LogP contribution in [0.15, 0.2) is 36.5 Å². The Hall–Kier alpha value is -0.780. The lowest BCUT2D eigenvalue weighted by atomic mass is 9.77. The molecule has 0 aliphatic carbocycles. The molecule has 14 heavy (non-hydrogen) atoms. The molecule has 0 aliphatic heterocycles. The Balaban J connectivity index is 4.79. The number of allylic oxidation sites excluding steroid dienone is 5. The average molecular weight is 192 g/mol. The molecular formula is C14H24. The van der Waals surface area contributed by atoms with Gasteiger partial charge in [0.1, 0.15) is 0 Å². The van der Waals surface area contributed by atoms with Crippen LogP contribution >= 0.6 is 0 Å². The average Bonchev–Trinajstić information content (AvgIpc) is 2.01. The molecule has 0 bridgehead atoms. The van der Waals surface area contributed by atoms with Crippen LogP contribution < -0.4 is 0 Å². The second kappa shape index (κ2) is 5.85. The fourth-order valence-electron chi connectivity index (χ4n) is 1.95. The van der Waals surface area contributed by atoms with Crippen LogP contribution in [0.1, 0.15) is 41.0 Å². The van der Waals surface area contributed by atoms with Gasteiger partial charge in [0.2, 0.25) is 0 Å². The van der Waals surface area contributed by atoms with Gasteiger partial charge in [0, 0.05) is 0 Å². The first-order chi connectivity index (χ1) is 6.44. The lowest BCUT2D eigenvalue weighted by Gasteiger charge is -2.28. The van der Waals surface area contributed by atoms with Gasteiger partial charge in [-0.2, -0.15) is 0 Å². The zero-order valence-corrected chi connectivity index (χ0v) is 10.3. The number of hydrogen-bond acceptors (Lipinski definition) is 0. The maximum absolute atomic E-state index is 3.77. The lowest BCUT2D eigenvalue weighted by molar-refractivity contribution is 0.351. The second-order valence-electron chi connectivity index (χ2n) is 4.84. The van der Waals surface area contributed by atoms with Crippen LogP contribution in [-0.2, 0) is 0 Å². The Kier molecular flexibility index (Phi) is 5.52. The van der Waals surface area contributed by atoms with Gasteiger partial charge >= 0.3 is 0 Å². The number of rotatable bonds is 5. The van der Waals surface area contributed by atoms with Crippen molar-refractivity contribution in [3.63, 3.8) is 0 Å². The van der Waals surface area contributed by atoms with E-state index in [0.29, 0.717) is 0 Å². The zero-order valence-electron chi connectivity index (χ0n) is 10.3. The molecule has 0 radical (unpaired) electrons. The molecule has 0 spiro atoms. The second-order valence-corrected chi connectivity index (χ2v) is 4.84. The third-order valence-electron chi connectivity index (χ3n) is 2.34. The van der Waals surface area contributed by atoms with E-state index in [1.54, 1.807) is 0 Å². The van der Waals surface area contributed by atoms with Crippen molar-refractivity contribution in [2.75, 3.05) is 0 Å². The first kappa shape index (κ1) is 13.2. The van der Waals surface area contributed by atoms with Crippen molar-refractivity contribution < 1.29 is 0 Å². The molecule has 0 aliphatic rings. The Morgan fingerprint density at radius 1 is 1.36 bits per heavy atom. The monoisotopic (exact) mass is 192 g/mol. The summed E-state index contributed by atoms with van der Waals surface area (Å²) in [5, 5.41) is 0. The summed E-state index contributed by atoms with van der Waals surface area (Å²) in [6.07, 6.45) is 9.47. The Morgan fingerprint density at radius 3 is 2.29 bits per heavy atom. The van der Waals surface area contributed by atoms with Crippen molar-refractivity contribution in [3.05, 3.63) is 36.5 Å². The van der Waals surface area contributed by atoms with Crippen molar-refractivity contribution in [2.45, 2.75) is 41.0 Å². The molecule has 0 heterocycles. The first-order valence-corrected chi connectivity index (χ1v) is 5.40. The molecule has 0 saturated carbocycles. The first-order valence-electron chi connectivity index (χ1n) is 5.40. The SMILES string of the molecule is C=C/C=C(\C=C/C)C(C)(C)CC(C)C. The Morgan fingerprint density at radius 2 is 1.93 bits per heavy atom. The van der Waals surface area contributed by atoms with Crippen LogP contribution in [0.3, 0.4) is 0 Å². The minimum atomic E-state index is 0.245. The van der Waals surface area contributed by atoms with Crippen LogP contribution in [0, 0.1) is 11.3 Å². The fraction of sp³-hybridized carbons (Fsp3) is 0.571. The van der Waals surface area contributed by atoms with E-state index in [2.05, 4.69) is 59.4 Å². The third kappa shape index (κ3) is 4.45. The Bertz CT molecular complexity index is 226. The van der Waals surface area contributed by atoms with Crippen LogP contribution in [0.25, 0.3) is 0 Å². The minimum absolute atomic E-state index is 0.245. The molecular weight excluding hydrogens is 168 g/mol. The summed E-state index contributed by atoms with van der Waals surface area (Å²) >= 11 is 0. The maximum atomic E-state index is 3.77. The van der Waals surface area contributed by atoms with Crippen molar-refractivity contribution in [1.29, 1.82) is 0 Å². The quantitative estimate of drug-likeness (QED) is 0.551. The highest BCUT2D eigenvalue weighted by Gasteiger charge is 2.21. The molecule has 0 N–H and O–H groups in total. The Labute approximate surface area is 89.4 Å². The van der Waals surface area contributed by atoms with E-state index in [-0.39, 0.29) is 5.41 Å². The summed E-state index contributed by atoms with van der Waals surface area (Å²) in [6.45, 7) is 14.9. The highest BCUT2D eigenvalue weighted by molar-refractivity contribution is 5.28. The molecule has 0 unspecified atom stereocenters. The van der Waals surface area contributed by atoms with Gasteiger partial charge in [-0.05, 0) is 30.3 Å². The molecule has 0 atom stereocenters. The van der Waals surface area contributed by atoms with Crippen molar-refractivity contribution >= 4 is 0 Å². The molecule has 0 aromatic heterocycles. The normalized spacial score (nSPS) is 14.0. The highest BCUT2D eigenvalue weighted by atomic mass is 14.3. The van der Waals surface area contributed by atoms with E-state index >= 15 is 0 Å². The van der Waals surface area contributed by atoms with E-state index in [4.69, 9.17) is 0 Å².